The number of hydrogen-bond acceptors (Lipinski definition) is 3. The number of benzene rings is 1. The highest BCUT2D eigenvalue weighted by Gasteiger charge is 2.24. The Morgan fingerprint density at radius 3 is 2.76 bits per heavy atom. The van der Waals surface area contributed by atoms with Crippen LogP contribution in [0.25, 0.3) is 0 Å². The number of urea groups is 1. The van der Waals surface area contributed by atoms with Gasteiger partial charge in [-0.25, -0.2) is 9.18 Å². The van der Waals surface area contributed by atoms with Gasteiger partial charge in [-0.3, -0.25) is 0 Å². The first kappa shape index (κ1) is 18.1. The van der Waals surface area contributed by atoms with E-state index in [9.17, 15) is 9.18 Å². The lowest BCUT2D eigenvalue weighted by molar-refractivity contribution is 0.148. The smallest absolute Gasteiger partial charge is 0.319 e. The molecule has 0 aliphatic carbocycles. The van der Waals surface area contributed by atoms with Gasteiger partial charge in [0.2, 0.25) is 0 Å². The van der Waals surface area contributed by atoms with Crippen LogP contribution in [0.4, 0.5) is 14.9 Å². The fourth-order valence-corrected chi connectivity index (χ4v) is 3.62. The second kappa shape index (κ2) is 8.63. The third kappa shape index (κ3) is 5.16. The van der Waals surface area contributed by atoms with Gasteiger partial charge in [0.15, 0.2) is 0 Å². The molecular formula is C19H28FN3O2. The molecule has 2 fully saturated rings. The molecule has 0 radical (unpaired) electrons. The molecule has 2 N–H and O–H groups in total. The van der Waals surface area contributed by atoms with E-state index >= 15 is 0 Å². The summed E-state index contributed by atoms with van der Waals surface area (Å²) in [6.07, 6.45) is 3.70. The molecule has 1 atom stereocenters. The van der Waals surface area contributed by atoms with Crippen LogP contribution in [0.1, 0.15) is 31.7 Å². The van der Waals surface area contributed by atoms with Crippen LogP contribution >= 0.6 is 0 Å². The van der Waals surface area contributed by atoms with Crippen molar-refractivity contribution in [2.24, 2.45) is 5.92 Å². The molecule has 6 heteroatoms. The number of likely N-dealkylation sites (tertiary alicyclic amines) is 1. The van der Waals surface area contributed by atoms with E-state index in [0.717, 1.165) is 52.1 Å². The number of halogens is 1. The zero-order chi connectivity index (χ0) is 17.6. The van der Waals surface area contributed by atoms with Crippen LogP contribution < -0.4 is 10.6 Å². The number of piperidine rings is 1. The van der Waals surface area contributed by atoms with Gasteiger partial charge in [-0.15, -0.1) is 0 Å². The third-order valence-corrected chi connectivity index (χ3v) is 5.16. The molecule has 0 spiro atoms. The number of nitrogens with one attached hydrogen (secondary N) is 2. The number of rotatable bonds is 5. The first-order chi connectivity index (χ1) is 12.1. The summed E-state index contributed by atoms with van der Waals surface area (Å²) < 4.78 is 19.2. The predicted octanol–water partition coefficient (Wildman–Crippen LogP) is 3.01. The monoisotopic (exact) mass is 349 g/mol. The van der Waals surface area contributed by atoms with Crippen molar-refractivity contribution < 1.29 is 13.9 Å². The quantitative estimate of drug-likeness (QED) is 0.859. The molecule has 1 unspecified atom stereocenters. The van der Waals surface area contributed by atoms with Gasteiger partial charge in [0.05, 0.1) is 6.61 Å². The first-order valence-electron chi connectivity index (χ1n) is 9.30. The van der Waals surface area contributed by atoms with E-state index in [-0.39, 0.29) is 17.9 Å². The molecule has 2 amide bonds. The highest BCUT2D eigenvalue weighted by atomic mass is 19.1. The maximum atomic E-state index is 13.8. The standard InChI is InChI=1S/C19H28FN3O2/c1-2-15-3-4-17(11-18(15)20)22-19(24)21-16-5-8-23(9-6-16)12-14-7-10-25-13-14/h3-4,11,14,16H,2,5-10,12-13H2,1H3,(H2,21,22,24). The second-order valence-corrected chi connectivity index (χ2v) is 7.06. The fourth-order valence-electron chi connectivity index (χ4n) is 3.62. The Kier molecular flexibility index (Phi) is 6.26. The Morgan fingerprint density at radius 2 is 2.12 bits per heavy atom. The van der Waals surface area contributed by atoms with Crippen molar-refractivity contribution in [2.75, 3.05) is 38.2 Å². The van der Waals surface area contributed by atoms with Crippen LogP contribution in [0.2, 0.25) is 0 Å². The summed E-state index contributed by atoms with van der Waals surface area (Å²) in [5, 5.41) is 5.74. The highest BCUT2D eigenvalue weighted by molar-refractivity contribution is 5.89. The Hall–Kier alpha value is -1.66. The van der Waals surface area contributed by atoms with Crippen LogP contribution in [-0.4, -0.2) is 49.8 Å². The van der Waals surface area contributed by atoms with E-state index in [1.807, 2.05) is 6.92 Å². The number of hydrogen-bond donors (Lipinski definition) is 2. The topological polar surface area (TPSA) is 53.6 Å². The van der Waals surface area contributed by atoms with Gasteiger partial charge in [0.25, 0.3) is 0 Å². The molecule has 5 nitrogen and oxygen atoms in total. The Balaban J connectivity index is 1.40. The van der Waals surface area contributed by atoms with Crippen LogP contribution in [0.5, 0.6) is 0 Å². The van der Waals surface area contributed by atoms with Gasteiger partial charge in [-0.2, -0.15) is 0 Å². The third-order valence-electron chi connectivity index (χ3n) is 5.16. The maximum Gasteiger partial charge on any atom is 0.319 e. The number of amides is 2. The number of nitrogens with zero attached hydrogens (tertiary/aromatic N) is 1. The lowest BCUT2D eigenvalue weighted by atomic mass is 10.0. The Bertz CT molecular complexity index is 582. The highest BCUT2D eigenvalue weighted by Crippen LogP contribution is 2.18. The number of ether oxygens (including phenoxy) is 1. The van der Waals surface area contributed by atoms with Gasteiger partial charge in [0, 0.05) is 38.0 Å². The molecule has 138 valence electrons. The minimum absolute atomic E-state index is 0.177. The SMILES string of the molecule is CCc1ccc(NC(=O)NC2CCN(CC3CCOC3)CC2)cc1F. The van der Waals surface area contributed by atoms with E-state index in [0.29, 0.717) is 23.6 Å². The van der Waals surface area contributed by atoms with Crippen LogP contribution in [0, 0.1) is 11.7 Å². The molecule has 3 rings (SSSR count). The molecule has 0 bridgehead atoms. The minimum atomic E-state index is -0.274. The van der Waals surface area contributed by atoms with Crippen molar-refractivity contribution in [2.45, 2.75) is 38.6 Å². The number of carbonyl (C=O) groups is 1. The summed E-state index contributed by atoms with van der Waals surface area (Å²) >= 11 is 0. The Morgan fingerprint density at radius 1 is 1.32 bits per heavy atom. The summed E-state index contributed by atoms with van der Waals surface area (Å²) in [7, 11) is 0. The number of carbonyl (C=O) groups excluding carboxylic acids is 1. The average molecular weight is 349 g/mol. The van der Waals surface area contributed by atoms with E-state index in [1.165, 1.54) is 6.07 Å². The predicted molar refractivity (Wildman–Crippen MR) is 96.3 cm³/mol. The average Bonchev–Trinajstić information content (AvgIpc) is 3.10. The molecule has 2 saturated heterocycles. The normalized spacial score (nSPS) is 22.1. The summed E-state index contributed by atoms with van der Waals surface area (Å²) in [4.78, 5) is 14.6. The first-order valence-corrected chi connectivity index (χ1v) is 9.30. The lowest BCUT2D eigenvalue weighted by Crippen LogP contribution is -2.47. The summed E-state index contributed by atoms with van der Waals surface area (Å²) in [6, 6.07) is 4.76. The van der Waals surface area contributed by atoms with E-state index in [1.54, 1.807) is 12.1 Å². The van der Waals surface area contributed by atoms with Gasteiger partial charge >= 0.3 is 6.03 Å². The van der Waals surface area contributed by atoms with Crippen molar-refractivity contribution in [1.82, 2.24) is 10.2 Å². The number of anilines is 1. The molecule has 2 aliphatic heterocycles. The van der Waals surface area contributed by atoms with E-state index in [4.69, 9.17) is 4.74 Å². The zero-order valence-electron chi connectivity index (χ0n) is 14.9. The summed E-state index contributed by atoms with van der Waals surface area (Å²) in [5.74, 6) is 0.387. The number of aryl methyl sites for hydroxylation is 1. The van der Waals surface area contributed by atoms with Crippen molar-refractivity contribution in [3.05, 3.63) is 29.6 Å². The van der Waals surface area contributed by atoms with Gasteiger partial charge < -0.3 is 20.3 Å². The molecule has 0 aromatic heterocycles. The summed E-state index contributed by atoms with van der Waals surface area (Å²) in [6.45, 7) is 6.78. The summed E-state index contributed by atoms with van der Waals surface area (Å²) in [5.41, 5.74) is 1.15. The van der Waals surface area contributed by atoms with Crippen molar-refractivity contribution >= 4 is 11.7 Å². The molecule has 2 aliphatic rings. The van der Waals surface area contributed by atoms with E-state index in [2.05, 4.69) is 15.5 Å². The van der Waals surface area contributed by atoms with Crippen molar-refractivity contribution in [3.8, 4) is 0 Å². The lowest BCUT2D eigenvalue weighted by Gasteiger charge is -2.33. The molecular weight excluding hydrogens is 321 g/mol. The maximum absolute atomic E-state index is 13.8. The fraction of sp³-hybridized carbons (Fsp3) is 0.632. The molecule has 0 saturated carbocycles. The van der Waals surface area contributed by atoms with Gasteiger partial charge in [0.1, 0.15) is 5.82 Å². The van der Waals surface area contributed by atoms with Crippen molar-refractivity contribution in [1.29, 1.82) is 0 Å². The van der Waals surface area contributed by atoms with Crippen LogP contribution in [0.3, 0.4) is 0 Å². The van der Waals surface area contributed by atoms with Gasteiger partial charge in [-0.1, -0.05) is 13.0 Å². The molecule has 25 heavy (non-hydrogen) atoms. The van der Waals surface area contributed by atoms with Crippen molar-refractivity contribution in [3.63, 3.8) is 0 Å². The molecule has 1 aromatic carbocycles. The minimum Gasteiger partial charge on any atom is -0.381 e. The van der Waals surface area contributed by atoms with E-state index < -0.39 is 0 Å². The second-order valence-electron chi connectivity index (χ2n) is 7.06. The molecule has 1 aromatic rings. The van der Waals surface area contributed by atoms with Crippen LogP contribution in [-0.2, 0) is 11.2 Å². The largest absolute Gasteiger partial charge is 0.381 e. The zero-order valence-corrected chi connectivity index (χ0v) is 14.9. The van der Waals surface area contributed by atoms with Crippen LogP contribution in [0.15, 0.2) is 18.2 Å². The van der Waals surface area contributed by atoms with Gasteiger partial charge in [-0.05, 0) is 49.3 Å². The molecule has 2 heterocycles. The Labute approximate surface area is 148 Å².